The molecule has 2 heterocycles. The quantitative estimate of drug-likeness (QED) is 0.914. The molecule has 0 aromatic carbocycles. The van der Waals surface area contributed by atoms with E-state index in [4.69, 9.17) is 16.1 Å². The Kier molecular flexibility index (Phi) is 2.71. The van der Waals surface area contributed by atoms with Crippen LogP contribution >= 0.6 is 22.9 Å². The van der Waals surface area contributed by atoms with Gasteiger partial charge in [0.1, 0.15) is 6.26 Å². The lowest BCUT2D eigenvalue weighted by Gasteiger charge is -2.10. The van der Waals surface area contributed by atoms with Gasteiger partial charge in [0, 0.05) is 23.5 Å². The third kappa shape index (κ3) is 1.88. The van der Waals surface area contributed by atoms with Gasteiger partial charge in [-0.25, -0.2) is 0 Å². The fraction of sp³-hybridized carbons (Fsp3) is 0.364. The number of nitrogens with one attached hydrogen (secondary N) is 1. The molecule has 1 aliphatic carbocycles. The highest BCUT2D eigenvalue weighted by Gasteiger charge is 2.24. The van der Waals surface area contributed by atoms with Crippen molar-refractivity contribution in [3.8, 4) is 0 Å². The first-order chi connectivity index (χ1) is 7.83. The van der Waals surface area contributed by atoms with E-state index in [1.165, 1.54) is 10.4 Å². The lowest BCUT2D eigenvalue weighted by atomic mass is 10.2. The lowest BCUT2D eigenvalue weighted by Crippen LogP contribution is -2.18. The monoisotopic (exact) mass is 254 g/mol. The van der Waals surface area contributed by atoms with Gasteiger partial charge in [0.2, 0.25) is 0 Å². The zero-order valence-corrected chi connectivity index (χ0v) is 10.1. The van der Waals surface area contributed by atoms with Crippen molar-refractivity contribution in [3.63, 3.8) is 0 Å². The van der Waals surface area contributed by atoms with Crippen LogP contribution in [0.1, 0.15) is 28.6 Å². The molecular formula is C11H11ClN2OS. The van der Waals surface area contributed by atoms with Crippen molar-refractivity contribution >= 4 is 22.9 Å². The van der Waals surface area contributed by atoms with Gasteiger partial charge in [-0.1, -0.05) is 16.8 Å². The molecule has 84 valence electrons. The van der Waals surface area contributed by atoms with E-state index in [0.717, 1.165) is 29.4 Å². The number of thiophene rings is 1. The van der Waals surface area contributed by atoms with Gasteiger partial charge in [0.05, 0.1) is 10.0 Å². The van der Waals surface area contributed by atoms with Gasteiger partial charge in [-0.05, 0) is 24.5 Å². The Hall–Kier alpha value is -0.840. The van der Waals surface area contributed by atoms with Crippen LogP contribution in [-0.4, -0.2) is 5.16 Å². The van der Waals surface area contributed by atoms with E-state index in [2.05, 4.69) is 16.5 Å². The van der Waals surface area contributed by atoms with Crippen LogP contribution in [0.15, 0.2) is 22.9 Å². The normalized spacial score (nSPS) is 18.9. The minimum atomic E-state index is 0.412. The summed E-state index contributed by atoms with van der Waals surface area (Å²) in [5.74, 6) is 0. The smallest absolute Gasteiger partial charge is 0.124 e. The Balaban J connectivity index is 1.69. The molecule has 2 aromatic heterocycles. The second kappa shape index (κ2) is 4.20. The molecule has 0 saturated carbocycles. The first-order valence-electron chi connectivity index (χ1n) is 5.23. The van der Waals surface area contributed by atoms with Gasteiger partial charge in [-0.2, -0.15) is 0 Å². The van der Waals surface area contributed by atoms with E-state index in [9.17, 15) is 0 Å². The topological polar surface area (TPSA) is 38.1 Å². The molecule has 0 spiro atoms. The molecule has 0 amide bonds. The van der Waals surface area contributed by atoms with Crippen LogP contribution in [0, 0.1) is 0 Å². The first kappa shape index (κ1) is 10.3. The third-order valence-electron chi connectivity index (χ3n) is 2.87. The number of hydrogen-bond acceptors (Lipinski definition) is 4. The summed E-state index contributed by atoms with van der Waals surface area (Å²) in [5.41, 5.74) is 2.30. The Morgan fingerprint density at radius 2 is 2.56 bits per heavy atom. The summed E-state index contributed by atoms with van der Waals surface area (Å²) in [7, 11) is 0. The number of halogens is 1. The Morgan fingerprint density at radius 1 is 1.62 bits per heavy atom. The van der Waals surface area contributed by atoms with Crippen molar-refractivity contribution < 1.29 is 4.52 Å². The van der Waals surface area contributed by atoms with Crippen molar-refractivity contribution in [2.24, 2.45) is 0 Å². The van der Waals surface area contributed by atoms with E-state index in [1.807, 2.05) is 6.07 Å². The standard InChI is InChI=1S/C11H11ClN2OS/c12-11-5-8-9(1-2-10(8)16-11)13-6-7-3-4-15-14-7/h3-5,9,13H,1-2,6H2. The molecule has 0 bridgehead atoms. The van der Waals surface area contributed by atoms with E-state index in [0.29, 0.717) is 6.04 Å². The second-order valence-electron chi connectivity index (χ2n) is 3.89. The number of fused-ring (bicyclic) bond motifs is 1. The molecular weight excluding hydrogens is 244 g/mol. The van der Waals surface area contributed by atoms with Gasteiger partial charge in [0.15, 0.2) is 0 Å². The molecule has 3 nitrogen and oxygen atoms in total. The highest BCUT2D eigenvalue weighted by Crippen LogP contribution is 2.39. The predicted molar refractivity (Wildman–Crippen MR) is 63.7 cm³/mol. The largest absolute Gasteiger partial charge is 0.364 e. The molecule has 5 heteroatoms. The summed E-state index contributed by atoms with van der Waals surface area (Å²) < 4.78 is 5.68. The third-order valence-corrected chi connectivity index (χ3v) is 4.21. The minimum absolute atomic E-state index is 0.412. The zero-order chi connectivity index (χ0) is 11.0. The molecule has 1 aliphatic rings. The molecule has 1 unspecified atom stereocenters. The summed E-state index contributed by atoms with van der Waals surface area (Å²) in [6.45, 7) is 0.744. The summed E-state index contributed by atoms with van der Waals surface area (Å²) in [4.78, 5) is 1.42. The second-order valence-corrected chi connectivity index (χ2v) is 5.66. The zero-order valence-electron chi connectivity index (χ0n) is 8.57. The Morgan fingerprint density at radius 3 is 3.38 bits per heavy atom. The van der Waals surface area contributed by atoms with Gasteiger partial charge >= 0.3 is 0 Å². The van der Waals surface area contributed by atoms with E-state index >= 15 is 0 Å². The molecule has 1 atom stereocenters. The fourth-order valence-electron chi connectivity index (χ4n) is 2.10. The van der Waals surface area contributed by atoms with Crippen LogP contribution in [0.3, 0.4) is 0 Å². The molecule has 1 N–H and O–H groups in total. The van der Waals surface area contributed by atoms with Crippen LogP contribution in [-0.2, 0) is 13.0 Å². The van der Waals surface area contributed by atoms with Crippen molar-refractivity contribution in [3.05, 3.63) is 38.9 Å². The maximum absolute atomic E-state index is 6.01. The van der Waals surface area contributed by atoms with Crippen LogP contribution < -0.4 is 5.32 Å². The van der Waals surface area contributed by atoms with Crippen LogP contribution in [0.2, 0.25) is 4.34 Å². The molecule has 2 aromatic rings. The maximum Gasteiger partial charge on any atom is 0.124 e. The number of aryl methyl sites for hydroxylation is 1. The van der Waals surface area contributed by atoms with Gasteiger partial charge in [-0.15, -0.1) is 11.3 Å². The van der Waals surface area contributed by atoms with Crippen molar-refractivity contribution in [2.75, 3.05) is 0 Å². The molecule has 0 fully saturated rings. The SMILES string of the molecule is Clc1cc2c(s1)CCC2NCc1ccon1. The summed E-state index contributed by atoms with van der Waals surface area (Å²) >= 11 is 7.70. The minimum Gasteiger partial charge on any atom is -0.364 e. The molecule has 0 saturated heterocycles. The van der Waals surface area contributed by atoms with Crippen molar-refractivity contribution in [1.29, 1.82) is 0 Å². The average Bonchev–Trinajstić information content (AvgIpc) is 2.91. The summed E-state index contributed by atoms with van der Waals surface area (Å²) in [6, 6.07) is 4.37. The van der Waals surface area contributed by atoms with Crippen LogP contribution in [0.5, 0.6) is 0 Å². The molecule has 16 heavy (non-hydrogen) atoms. The van der Waals surface area contributed by atoms with E-state index < -0.39 is 0 Å². The fourth-order valence-corrected chi connectivity index (χ4v) is 3.46. The highest BCUT2D eigenvalue weighted by atomic mass is 35.5. The molecule has 0 aliphatic heterocycles. The predicted octanol–water partition coefficient (Wildman–Crippen LogP) is 3.17. The van der Waals surface area contributed by atoms with Crippen molar-refractivity contribution in [2.45, 2.75) is 25.4 Å². The van der Waals surface area contributed by atoms with Gasteiger partial charge < -0.3 is 9.84 Å². The number of nitrogens with zero attached hydrogens (tertiary/aromatic N) is 1. The number of hydrogen-bond donors (Lipinski definition) is 1. The highest BCUT2D eigenvalue weighted by molar-refractivity contribution is 7.16. The van der Waals surface area contributed by atoms with E-state index in [-0.39, 0.29) is 0 Å². The summed E-state index contributed by atoms with van der Waals surface area (Å²) in [5, 5.41) is 7.36. The lowest BCUT2D eigenvalue weighted by molar-refractivity contribution is 0.404. The van der Waals surface area contributed by atoms with Gasteiger partial charge in [0.25, 0.3) is 0 Å². The Bertz CT molecular complexity index is 480. The first-order valence-corrected chi connectivity index (χ1v) is 6.43. The number of aromatic nitrogens is 1. The van der Waals surface area contributed by atoms with Crippen LogP contribution in [0.4, 0.5) is 0 Å². The molecule has 3 rings (SSSR count). The van der Waals surface area contributed by atoms with Crippen LogP contribution in [0.25, 0.3) is 0 Å². The maximum atomic E-state index is 6.01. The summed E-state index contributed by atoms with van der Waals surface area (Å²) in [6.07, 6.45) is 3.87. The molecule has 0 radical (unpaired) electrons. The van der Waals surface area contributed by atoms with E-state index in [1.54, 1.807) is 17.6 Å². The van der Waals surface area contributed by atoms with Crippen molar-refractivity contribution in [1.82, 2.24) is 10.5 Å². The van der Waals surface area contributed by atoms with Gasteiger partial charge in [-0.3, -0.25) is 0 Å². The average molecular weight is 255 g/mol. The Labute approximate surface area is 102 Å². The number of rotatable bonds is 3.